The van der Waals surface area contributed by atoms with Gasteiger partial charge in [0.2, 0.25) is 5.91 Å². The zero-order chi connectivity index (χ0) is 12.1. The largest absolute Gasteiger partial charge is 0.378 e. The van der Waals surface area contributed by atoms with Gasteiger partial charge in [0.1, 0.15) is 11.9 Å². The molecule has 5 heteroatoms. The van der Waals surface area contributed by atoms with Crippen LogP contribution in [0.15, 0.2) is 24.4 Å². The standard InChI is InChI=1S/C12H17N3O2/c1-10(14-11-4-2-3-5-13-11)12(16)15-6-8-17-9-7-15/h2-5,10H,6-9H2,1H3,(H,13,14). The van der Waals surface area contributed by atoms with E-state index in [0.29, 0.717) is 26.3 Å². The fraction of sp³-hybridized carbons (Fsp3) is 0.500. The number of ether oxygens (including phenoxy) is 1. The molecule has 2 rings (SSSR count). The lowest BCUT2D eigenvalue weighted by Crippen LogP contribution is -2.47. The normalized spacial score (nSPS) is 17.6. The zero-order valence-electron chi connectivity index (χ0n) is 9.93. The number of amides is 1. The Morgan fingerprint density at radius 2 is 2.24 bits per heavy atom. The number of nitrogens with one attached hydrogen (secondary N) is 1. The molecule has 5 nitrogen and oxygen atoms in total. The van der Waals surface area contributed by atoms with Gasteiger partial charge >= 0.3 is 0 Å². The molecule has 1 unspecified atom stereocenters. The van der Waals surface area contributed by atoms with E-state index in [4.69, 9.17) is 4.74 Å². The molecular formula is C12H17N3O2. The second-order valence-electron chi connectivity index (χ2n) is 4.02. The molecule has 1 aromatic rings. The maximum absolute atomic E-state index is 12.1. The molecule has 1 N–H and O–H groups in total. The van der Waals surface area contributed by atoms with Gasteiger partial charge in [0.05, 0.1) is 13.2 Å². The number of anilines is 1. The number of hydrogen-bond acceptors (Lipinski definition) is 4. The first-order chi connectivity index (χ1) is 8.27. The summed E-state index contributed by atoms with van der Waals surface area (Å²) in [5.41, 5.74) is 0. The van der Waals surface area contributed by atoms with Crippen LogP contribution in [0.1, 0.15) is 6.92 Å². The third-order valence-corrected chi connectivity index (χ3v) is 2.72. The molecule has 0 aromatic carbocycles. The Morgan fingerprint density at radius 1 is 1.47 bits per heavy atom. The quantitative estimate of drug-likeness (QED) is 0.839. The number of rotatable bonds is 3. The molecule has 0 radical (unpaired) electrons. The van der Waals surface area contributed by atoms with Crippen LogP contribution in [0.5, 0.6) is 0 Å². The fourth-order valence-electron chi connectivity index (χ4n) is 1.79. The van der Waals surface area contributed by atoms with Crippen LogP contribution < -0.4 is 5.32 Å². The Labute approximate surface area is 101 Å². The highest BCUT2D eigenvalue weighted by Gasteiger charge is 2.22. The molecule has 1 fully saturated rings. The molecule has 0 saturated carbocycles. The Hall–Kier alpha value is -1.62. The molecule has 1 atom stereocenters. The van der Waals surface area contributed by atoms with Crippen LogP contribution in [0.3, 0.4) is 0 Å². The molecule has 0 spiro atoms. The second kappa shape index (κ2) is 5.63. The van der Waals surface area contributed by atoms with Crippen molar-refractivity contribution < 1.29 is 9.53 Å². The van der Waals surface area contributed by atoms with Gasteiger partial charge in [-0.15, -0.1) is 0 Å². The Balaban J connectivity index is 1.90. The van der Waals surface area contributed by atoms with E-state index in [2.05, 4.69) is 10.3 Å². The van der Waals surface area contributed by atoms with Crippen LogP contribution in [0.2, 0.25) is 0 Å². The second-order valence-corrected chi connectivity index (χ2v) is 4.02. The number of nitrogens with zero attached hydrogens (tertiary/aromatic N) is 2. The average molecular weight is 235 g/mol. The van der Waals surface area contributed by atoms with Gasteiger partial charge in [-0.25, -0.2) is 4.98 Å². The van der Waals surface area contributed by atoms with E-state index in [-0.39, 0.29) is 11.9 Å². The highest BCUT2D eigenvalue weighted by Crippen LogP contribution is 2.06. The van der Waals surface area contributed by atoms with Crippen molar-refractivity contribution in [2.75, 3.05) is 31.6 Å². The summed E-state index contributed by atoms with van der Waals surface area (Å²) >= 11 is 0. The predicted octanol–water partition coefficient (Wildman–Crippen LogP) is 0.741. The molecule has 2 heterocycles. The summed E-state index contributed by atoms with van der Waals surface area (Å²) in [6.07, 6.45) is 1.70. The number of carbonyl (C=O) groups excluding carboxylic acids is 1. The zero-order valence-corrected chi connectivity index (χ0v) is 9.93. The molecule has 17 heavy (non-hydrogen) atoms. The molecule has 92 valence electrons. The van der Waals surface area contributed by atoms with Gasteiger partial charge < -0.3 is 15.0 Å². The number of aromatic nitrogens is 1. The van der Waals surface area contributed by atoms with Crippen molar-refractivity contribution in [2.45, 2.75) is 13.0 Å². The smallest absolute Gasteiger partial charge is 0.244 e. The van der Waals surface area contributed by atoms with E-state index in [1.54, 1.807) is 6.20 Å². The van der Waals surface area contributed by atoms with Crippen molar-refractivity contribution >= 4 is 11.7 Å². The number of pyridine rings is 1. The Bertz CT molecular complexity index is 363. The highest BCUT2D eigenvalue weighted by molar-refractivity contribution is 5.84. The van der Waals surface area contributed by atoms with Crippen LogP contribution >= 0.6 is 0 Å². The lowest BCUT2D eigenvalue weighted by atomic mass is 10.2. The fourth-order valence-corrected chi connectivity index (χ4v) is 1.79. The number of hydrogen-bond donors (Lipinski definition) is 1. The van der Waals surface area contributed by atoms with Crippen molar-refractivity contribution in [3.05, 3.63) is 24.4 Å². The number of carbonyl (C=O) groups is 1. The average Bonchev–Trinajstić information content (AvgIpc) is 2.40. The minimum Gasteiger partial charge on any atom is -0.378 e. The topological polar surface area (TPSA) is 54.5 Å². The minimum atomic E-state index is -0.261. The summed E-state index contributed by atoms with van der Waals surface area (Å²) in [6, 6.07) is 5.33. The van der Waals surface area contributed by atoms with Crippen LogP contribution in [0, 0.1) is 0 Å². The van der Waals surface area contributed by atoms with Gasteiger partial charge in [-0.1, -0.05) is 6.07 Å². The van der Waals surface area contributed by atoms with Crippen molar-refractivity contribution in [1.82, 2.24) is 9.88 Å². The maximum atomic E-state index is 12.1. The molecule has 1 aromatic heterocycles. The first kappa shape index (κ1) is 11.9. The van der Waals surface area contributed by atoms with Gasteiger partial charge in [-0.05, 0) is 19.1 Å². The van der Waals surface area contributed by atoms with E-state index in [1.165, 1.54) is 0 Å². The lowest BCUT2D eigenvalue weighted by Gasteiger charge is -2.29. The van der Waals surface area contributed by atoms with Crippen molar-refractivity contribution in [3.8, 4) is 0 Å². The molecule has 1 aliphatic heterocycles. The summed E-state index contributed by atoms with van der Waals surface area (Å²) < 4.78 is 5.22. The Kier molecular flexibility index (Phi) is 3.93. The van der Waals surface area contributed by atoms with Gasteiger partial charge in [0.25, 0.3) is 0 Å². The maximum Gasteiger partial charge on any atom is 0.244 e. The summed E-state index contributed by atoms with van der Waals surface area (Å²) in [5, 5.41) is 3.10. The molecule has 0 bridgehead atoms. The van der Waals surface area contributed by atoms with Gasteiger partial charge in [0.15, 0.2) is 0 Å². The van der Waals surface area contributed by atoms with Gasteiger partial charge in [0, 0.05) is 19.3 Å². The lowest BCUT2D eigenvalue weighted by molar-refractivity contribution is -0.135. The van der Waals surface area contributed by atoms with Gasteiger partial charge in [-0.3, -0.25) is 4.79 Å². The van der Waals surface area contributed by atoms with Crippen molar-refractivity contribution in [1.29, 1.82) is 0 Å². The minimum absolute atomic E-state index is 0.0963. The number of morpholine rings is 1. The van der Waals surface area contributed by atoms with Crippen LogP contribution in [-0.2, 0) is 9.53 Å². The summed E-state index contributed by atoms with van der Waals surface area (Å²) in [4.78, 5) is 18.0. The van der Waals surface area contributed by atoms with Gasteiger partial charge in [-0.2, -0.15) is 0 Å². The first-order valence-electron chi connectivity index (χ1n) is 5.81. The van der Waals surface area contributed by atoms with E-state index in [1.807, 2.05) is 30.0 Å². The van der Waals surface area contributed by atoms with Crippen LogP contribution in [-0.4, -0.2) is 48.1 Å². The third kappa shape index (κ3) is 3.17. The van der Waals surface area contributed by atoms with E-state index >= 15 is 0 Å². The van der Waals surface area contributed by atoms with Crippen LogP contribution in [0.4, 0.5) is 5.82 Å². The molecule has 1 saturated heterocycles. The third-order valence-electron chi connectivity index (χ3n) is 2.72. The summed E-state index contributed by atoms with van der Waals surface area (Å²) in [6.45, 7) is 4.46. The van der Waals surface area contributed by atoms with E-state index in [0.717, 1.165) is 5.82 Å². The van der Waals surface area contributed by atoms with Crippen molar-refractivity contribution in [3.63, 3.8) is 0 Å². The SMILES string of the molecule is CC(Nc1ccccn1)C(=O)N1CCOCC1. The molecule has 0 aliphatic carbocycles. The highest BCUT2D eigenvalue weighted by atomic mass is 16.5. The van der Waals surface area contributed by atoms with Crippen LogP contribution in [0.25, 0.3) is 0 Å². The molecule has 1 amide bonds. The summed E-state index contributed by atoms with van der Waals surface area (Å²) in [7, 11) is 0. The first-order valence-corrected chi connectivity index (χ1v) is 5.81. The Morgan fingerprint density at radius 3 is 2.88 bits per heavy atom. The molecular weight excluding hydrogens is 218 g/mol. The molecule has 1 aliphatic rings. The van der Waals surface area contributed by atoms with Crippen molar-refractivity contribution in [2.24, 2.45) is 0 Å². The monoisotopic (exact) mass is 235 g/mol. The van der Waals surface area contributed by atoms with E-state index in [9.17, 15) is 4.79 Å². The van der Waals surface area contributed by atoms with E-state index < -0.39 is 0 Å². The summed E-state index contributed by atoms with van der Waals surface area (Å²) in [5.74, 6) is 0.820. The predicted molar refractivity (Wildman–Crippen MR) is 64.7 cm³/mol.